The summed E-state index contributed by atoms with van der Waals surface area (Å²) < 4.78 is 0. The minimum absolute atomic E-state index is 0.367. The average molecular weight is 139 g/mol. The summed E-state index contributed by atoms with van der Waals surface area (Å²) in [5.41, 5.74) is 0.970. The lowest BCUT2D eigenvalue weighted by molar-refractivity contribution is 0.586. The van der Waals surface area contributed by atoms with Gasteiger partial charge < -0.3 is 5.02 Å². The van der Waals surface area contributed by atoms with E-state index in [0.29, 0.717) is 0 Å². The van der Waals surface area contributed by atoms with Crippen molar-refractivity contribution in [3.8, 4) is 0 Å². The van der Waals surface area contributed by atoms with Crippen molar-refractivity contribution in [2.24, 2.45) is 4.99 Å². The molecule has 0 aromatic carbocycles. The van der Waals surface area contributed by atoms with Crippen LogP contribution in [0.4, 0.5) is 0 Å². The Balaban J connectivity index is 4.04. The summed E-state index contributed by atoms with van der Waals surface area (Å²) in [5.74, 6) is 0. The van der Waals surface area contributed by atoms with E-state index in [4.69, 9.17) is 5.02 Å². The molecule has 0 fully saturated rings. The van der Waals surface area contributed by atoms with Crippen LogP contribution in [0.2, 0.25) is 6.82 Å². The molecule has 0 aliphatic rings. The molecule has 0 saturated heterocycles. The van der Waals surface area contributed by atoms with Gasteiger partial charge in [-0.2, -0.15) is 0 Å². The smallest absolute Gasteiger partial charge is 0.317 e. The van der Waals surface area contributed by atoms with Crippen LogP contribution in [0.1, 0.15) is 20.3 Å². The van der Waals surface area contributed by atoms with Crippen LogP contribution >= 0.6 is 0 Å². The molecular weight excluding hydrogens is 125 g/mol. The van der Waals surface area contributed by atoms with Crippen molar-refractivity contribution in [2.75, 3.05) is 0 Å². The van der Waals surface area contributed by atoms with Gasteiger partial charge in [-0.3, -0.25) is 4.99 Å². The number of allylic oxidation sites excluding steroid dienone is 1. The fourth-order valence-electron chi connectivity index (χ4n) is 0.665. The summed E-state index contributed by atoms with van der Waals surface area (Å²) in [4.78, 5) is 3.92. The van der Waals surface area contributed by atoms with Gasteiger partial charge in [0.05, 0.1) is 0 Å². The number of aliphatic imine (C=N–C) groups is 1. The van der Waals surface area contributed by atoms with Crippen molar-refractivity contribution in [2.45, 2.75) is 27.1 Å². The first-order chi connectivity index (χ1) is 4.72. The number of nitrogens with zero attached hydrogens (tertiary/aromatic N) is 1. The molecule has 0 heterocycles. The van der Waals surface area contributed by atoms with E-state index in [0.717, 1.165) is 11.9 Å². The minimum atomic E-state index is -0.367. The Labute approximate surface area is 62.8 Å². The molecule has 0 aliphatic heterocycles. The predicted octanol–water partition coefficient (Wildman–Crippen LogP) is 1.52. The Morgan fingerprint density at radius 3 is 2.60 bits per heavy atom. The highest BCUT2D eigenvalue weighted by Crippen LogP contribution is 2.02. The Kier molecular flexibility index (Phi) is 4.94. The van der Waals surface area contributed by atoms with Crippen molar-refractivity contribution in [3.05, 3.63) is 11.7 Å². The van der Waals surface area contributed by atoms with Crippen LogP contribution in [0.5, 0.6) is 0 Å². The molecule has 1 N–H and O–H groups in total. The first-order valence-corrected chi connectivity index (χ1v) is 3.57. The molecule has 56 valence electrons. The topological polar surface area (TPSA) is 32.6 Å². The zero-order valence-electron chi connectivity index (χ0n) is 6.83. The van der Waals surface area contributed by atoms with E-state index in [9.17, 15) is 0 Å². The van der Waals surface area contributed by atoms with E-state index in [1.54, 1.807) is 19.2 Å². The SMILES string of the molecule is C/C=N\C=C(/CC)B(C)O. The molecule has 2 nitrogen and oxygen atoms in total. The molecule has 0 bridgehead atoms. The van der Waals surface area contributed by atoms with E-state index >= 15 is 0 Å². The standard InChI is InChI=1S/C7H14BNO/c1-4-7(8(3)10)6-9-5-2/h5-6,10H,4H2,1-3H3/b7-6+,9-5-. The van der Waals surface area contributed by atoms with Crippen LogP contribution in [-0.4, -0.2) is 18.2 Å². The fraction of sp³-hybridized carbons (Fsp3) is 0.571. The van der Waals surface area contributed by atoms with E-state index < -0.39 is 0 Å². The molecular formula is C7H14BNO. The average Bonchev–Trinajstić information content (AvgIpc) is 1.89. The molecule has 0 aromatic rings. The molecule has 0 spiro atoms. The summed E-state index contributed by atoms with van der Waals surface area (Å²) in [6, 6.07) is 0. The number of rotatable bonds is 3. The third-order valence-electron chi connectivity index (χ3n) is 1.33. The summed E-state index contributed by atoms with van der Waals surface area (Å²) in [6.45, 7) is 5.24. The van der Waals surface area contributed by atoms with Gasteiger partial charge in [-0.25, -0.2) is 0 Å². The highest BCUT2D eigenvalue weighted by Gasteiger charge is 2.06. The van der Waals surface area contributed by atoms with Crippen LogP contribution in [0, 0.1) is 0 Å². The Morgan fingerprint density at radius 2 is 2.30 bits per heavy atom. The largest absolute Gasteiger partial charge is 0.447 e. The lowest BCUT2D eigenvalue weighted by Crippen LogP contribution is -2.09. The normalized spacial score (nSPS) is 12.6. The minimum Gasteiger partial charge on any atom is -0.447 e. The summed E-state index contributed by atoms with van der Waals surface area (Å²) in [6.07, 6.45) is 4.28. The molecule has 0 aliphatic carbocycles. The summed E-state index contributed by atoms with van der Waals surface area (Å²) in [5, 5.41) is 9.10. The molecule has 0 radical (unpaired) electrons. The van der Waals surface area contributed by atoms with Crippen molar-refractivity contribution in [1.82, 2.24) is 0 Å². The van der Waals surface area contributed by atoms with Crippen molar-refractivity contribution in [3.63, 3.8) is 0 Å². The predicted molar refractivity (Wildman–Crippen MR) is 46.4 cm³/mol. The monoisotopic (exact) mass is 139 g/mol. The molecule has 0 saturated carbocycles. The van der Waals surface area contributed by atoms with Crippen LogP contribution in [0.15, 0.2) is 16.7 Å². The summed E-state index contributed by atoms with van der Waals surface area (Å²) in [7, 11) is 0. The van der Waals surface area contributed by atoms with E-state index in [-0.39, 0.29) is 6.92 Å². The van der Waals surface area contributed by atoms with Crippen LogP contribution in [-0.2, 0) is 0 Å². The van der Waals surface area contributed by atoms with Gasteiger partial charge in [-0.1, -0.05) is 19.2 Å². The number of hydrogen-bond donors (Lipinski definition) is 1. The second-order valence-electron chi connectivity index (χ2n) is 2.14. The maximum absolute atomic E-state index is 9.10. The van der Waals surface area contributed by atoms with Gasteiger partial charge in [0.2, 0.25) is 0 Å². The van der Waals surface area contributed by atoms with Gasteiger partial charge in [-0.15, -0.1) is 0 Å². The molecule has 0 unspecified atom stereocenters. The highest BCUT2D eigenvalue weighted by molar-refractivity contribution is 6.57. The van der Waals surface area contributed by atoms with E-state index in [1.165, 1.54) is 0 Å². The third-order valence-corrected chi connectivity index (χ3v) is 1.33. The van der Waals surface area contributed by atoms with Crippen LogP contribution < -0.4 is 0 Å². The second-order valence-corrected chi connectivity index (χ2v) is 2.14. The third kappa shape index (κ3) is 3.46. The maximum atomic E-state index is 9.10. The lowest BCUT2D eigenvalue weighted by Gasteiger charge is -2.00. The Hall–Kier alpha value is -0.565. The van der Waals surface area contributed by atoms with Gasteiger partial charge in [0, 0.05) is 12.4 Å². The van der Waals surface area contributed by atoms with Gasteiger partial charge in [-0.05, 0) is 13.3 Å². The number of hydrogen-bond acceptors (Lipinski definition) is 2. The van der Waals surface area contributed by atoms with Gasteiger partial charge in [0.15, 0.2) is 0 Å². The molecule has 10 heavy (non-hydrogen) atoms. The molecule has 0 atom stereocenters. The maximum Gasteiger partial charge on any atom is 0.317 e. The second kappa shape index (κ2) is 5.24. The molecule has 0 aromatic heterocycles. The molecule has 3 heteroatoms. The first-order valence-electron chi connectivity index (χ1n) is 3.57. The van der Waals surface area contributed by atoms with Gasteiger partial charge >= 0.3 is 6.92 Å². The molecule has 0 rings (SSSR count). The zero-order chi connectivity index (χ0) is 7.98. The van der Waals surface area contributed by atoms with E-state index in [1.807, 2.05) is 13.8 Å². The van der Waals surface area contributed by atoms with Crippen molar-refractivity contribution < 1.29 is 5.02 Å². The summed E-state index contributed by atoms with van der Waals surface area (Å²) >= 11 is 0. The molecule has 0 amide bonds. The quantitative estimate of drug-likeness (QED) is 0.466. The Bertz CT molecular complexity index is 141. The van der Waals surface area contributed by atoms with Crippen LogP contribution in [0.3, 0.4) is 0 Å². The fourth-order valence-corrected chi connectivity index (χ4v) is 0.665. The van der Waals surface area contributed by atoms with Crippen molar-refractivity contribution >= 4 is 13.1 Å². The first kappa shape index (κ1) is 9.43. The van der Waals surface area contributed by atoms with Crippen molar-refractivity contribution in [1.29, 1.82) is 0 Å². The Morgan fingerprint density at radius 1 is 1.70 bits per heavy atom. The van der Waals surface area contributed by atoms with Gasteiger partial charge in [0.25, 0.3) is 0 Å². The van der Waals surface area contributed by atoms with Crippen LogP contribution in [0.25, 0.3) is 0 Å². The zero-order valence-corrected chi connectivity index (χ0v) is 6.83. The highest BCUT2D eigenvalue weighted by atomic mass is 16.2. The van der Waals surface area contributed by atoms with Gasteiger partial charge in [0.1, 0.15) is 0 Å². The lowest BCUT2D eigenvalue weighted by atomic mass is 9.63. The van der Waals surface area contributed by atoms with E-state index in [2.05, 4.69) is 4.99 Å².